The Labute approximate surface area is 102 Å². The maximum absolute atomic E-state index is 11.1. The number of hydrogen-bond donors (Lipinski definition) is 1. The van der Waals surface area contributed by atoms with Crippen molar-refractivity contribution in [2.75, 3.05) is 10.6 Å². The Morgan fingerprint density at radius 1 is 1.56 bits per heavy atom. The van der Waals surface area contributed by atoms with Gasteiger partial charge in [-0.15, -0.1) is 0 Å². The van der Waals surface area contributed by atoms with E-state index in [2.05, 4.69) is 26.5 Å². The van der Waals surface area contributed by atoms with E-state index < -0.39 is 0 Å². The van der Waals surface area contributed by atoms with Gasteiger partial charge in [-0.1, -0.05) is 22.4 Å². The normalized spacial score (nSPS) is 17.3. The lowest BCUT2D eigenvalue weighted by Crippen LogP contribution is -2.41. The lowest BCUT2D eigenvalue weighted by molar-refractivity contribution is -0.787. The van der Waals surface area contributed by atoms with Gasteiger partial charge in [0.1, 0.15) is 0 Å². The van der Waals surface area contributed by atoms with Gasteiger partial charge < -0.3 is 0 Å². The molecule has 1 heterocycles. The molecule has 0 aliphatic heterocycles. The molecule has 0 atom stereocenters. The van der Waals surface area contributed by atoms with Crippen molar-refractivity contribution >= 4 is 27.7 Å². The van der Waals surface area contributed by atoms with Crippen LogP contribution < -0.4 is 10.00 Å². The van der Waals surface area contributed by atoms with Crippen molar-refractivity contribution in [1.29, 1.82) is 0 Å². The Bertz CT molecular complexity index is 361. The van der Waals surface area contributed by atoms with E-state index in [-0.39, 0.29) is 11.2 Å². The summed E-state index contributed by atoms with van der Waals surface area (Å²) >= 11 is 3.07. The molecule has 1 aromatic heterocycles. The summed E-state index contributed by atoms with van der Waals surface area (Å²) < 4.78 is 6.87. The highest BCUT2D eigenvalue weighted by Crippen LogP contribution is 2.23. The van der Waals surface area contributed by atoms with E-state index >= 15 is 0 Å². The number of anilines is 1. The number of hydrogen-bond acceptors (Lipinski definition) is 3. The van der Waals surface area contributed by atoms with Crippen LogP contribution in [0.25, 0.3) is 0 Å². The molecular weight excluding hydrogens is 274 g/mol. The Hall–Kier alpha value is -0.910. The van der Waals surface area contributed by atoms with Gasteiger partial charge >= 0.3 is 5.88 Å². The van der Waals surface area contributed by atoms with Crippen LogP contribution in [-0.2, 0) is 4.79 Å². The predicted octanol–water partition coefficient (Wildman–Crippen LogP) is 1.80. The first-order chi connectivity index (χ1) is 7.79. The van der Waals surface area contributed by atoms with Gasteiger partial charge in [-0.2, -0.15) is 0 Å². The van der Waals surface area contributed by atoms with Crippen LogP contribution in [0.2, 0.25) is 0 Å². The molecule has 0 saturated heterocycles. The minimum Gasteiger partial charge on any atom is -0.288 e. The van der Waals surface area contributed by atoms with E-state index in [9.17, 15) is 4.79 Å². The second kappa shape index (κ2) is 5.43. The second-order valence-corrected chi connectivity index (χ2v) is 4.58. The zero-order valence-electron chi connectivity index (χ0n) is 8.99. The Balaban J connectivity index is 1.98. The van der Waals surface area contributed by atoms with Crippen molar-refractivity contribution in [3.63, 3.8) is 0 Å². The van der Waals surface area contributed by atoms with Gasteiger partial charge in [0.15, 0.2) is 6.04 Å². The quantitative estimate of drug-likeness (QED) is 0.682. The van der Waals surface area contributed by atoms with Gasteiger partial charge in [0.05, 0.1) is 5.33 Å². The highest BCUT2D eigenvalue weighted by atomic mass is 79.9. The molecule has 1 N–H and O–H groups in total. The fourth-order valence-corrected chi connectivity index (χ4v) is 2.14. The maximum atomic E-state index is 11.1. The minimum absolute atomic E-state index is 0.132. The SMILES string of the molecule is O=C(CBr)Nc1c[n+](C2CCCCC2)no1. The van der Waals surface area contributed by atoms with Crippen LogP contribution in [-0.4, -0.2) is 16.5 Å². The Kier molecular flexibility index (Phi) is 3.93. The topological polar surface area (TPSA) is 59.0 Å². The molecule has 6 heteroatoms. The van der Waals surface area contributed by atoms with E-state index in [1.807, 2.05) is 4.68 Å². The van der Waals surface area contributed by atoms with Crippen LogP contribution in [0.1, 0.15) is 38.1 Å². The van der Waals surface area contributed by atoms with Crippen molar-refractivity contribution in [1.82, 2.24) is 5.27 Å². The lowest BCUT2D eigenvalue weighted by Gasteiger charge is -2.12. The fourth-order valence-electron chi connectivity index (χ4n) is 2.00. The van der Waals surface area contributed by atoms with Crippen molar-refractivity contribution in [3.8, 4) is 0 Å². The third-order valence-corrected chi connectivity index (χ3v) is 3.33. The summed E-state index contributed by atoms with van der Waals surface area (Å²) in [7, 11) is 0. The molecule has 16 heavy (non-hydrogen) atoms. The van der Waals surface area contributed by atoms with Gasteiger partial charge in [0.25, 0.3) is 6.20 Å². The predicted molar refractivity (Wildman–Crippen MR) is 61.2 cm³/mol. The zero-order valence-corrected chi connectivity index (χ0v) is 10.6. The lowest BCUT2D eigenvalue weighted by atomic mass is 9.96. The summed E-state index contributed by atoms with van der Waals surface area (Å²) in [5.41, 5.74) is 0. The molecule has 0 bridgehead atoms. The zero-order chi connectivity index (χ0) is 11.4. The van der Waals surface area contributed by atoms with Crippen molar-refractivity contribution in [3.05, 3.63) is 6.20 Å². The average Bonchev–Trinajstić information content (AvgIpc) is 2.78. The van der Waals surface area contributed by atoms with Crippen molar-refractivity contribution < 1.29 is 14.0 Å². The van der Waals surface area contributed by atoms with Gasteiger partial charge in [0, 0.05) is 12.8 Å². The number of amides is 1. The number of nitrogens with one attached hydrogen (secondary N) is 1. The molecule has 88 valence electrons. The van der Waals surface area contributed by atoms with E-state index in [1.54, 1.807) is 6.20 Å². The molecule has 0 aromatic carbocycles. The van der Waals surface area contributed by atoms with E-state index in [0.29, 0.717) is 11.9 Å². The molecule has 1 aromatic rings. The van der Waals surface area contributed by atoms with Gasteiger partial charge in [-0.25, -0.2) is 0 Å². The summed E-state index contributed by atoms with van der Waals surface area (Å²) in [6.07, 6.45) is 7.84. The van der Waals surface area contributed by atoms with Crippen LogP contribution in [0.3, 0.4) is 0 Å². The standard InChI is InChI=1S/C10H14BrN3O2/c11-6-9(15)12-10-7-14(13-16-10)8-4-2-1-3-5-8/h7-8H,1-6H2/p+1. The molecule has 2 rings (SSSR count). The average molecular weight is 289 g/mol. The van der Waals surface area contributed by atoms with Crippen molar-refractivity contribution in [2.45, 2.75) is 38.1 Å². The van der Waals surface area contributed by atoms with E-state index in [0.717, 1.165) is 12.8 Å². The molecule has 1 aliphatic carbocycles. The molecule has 1 saturated carbocycles. The summed E-state index contributed by atoms with van der Waals surface area (Å²) in [5, 5.41) is 6.82. The van der Waals surface area contributed by atoms with Crippen LogP contribution in [0.15, 0.2) is 10.7 Å². The van der Waals surface area contributed by atoms with Gasteiger partial charge in [0.2, 0.25) is 11.2 Å². The number of carbonyl (C=O) groups excluding carboxylic acids is 1. The van der Waals surface area contributed by atoms with E-state index in [4.69, 9.17) is 4.52 Å². The van der Waals surface area contributed by atoms with Gasteiger partial charge in [-0.3, -0.25) is 14.6 Å². The Morgan fingerprint density at radius 2 is 2.31 bits per heavy atom. The number of carbonyl (C=O) groups is 1. The van der Waals surface area contributed by atoms with Crippen LogP contribution >= 0.6 is 15.9 Å². The monoisotopic (exact) mass is 288 g/mol. The van der Waals surface area contributed by atoms with Crippen LogP contribution in [0.5, 0.6) is 0 Å². The fraction of sp³-hybridized carbons (Fsp3) is 0.700. The molecular formula is C10H15BrN3O2+. The summed E-state index contributed by atoms with van der Waals surface area (Å²) in [4.78, 5) is 11.1. The molecule has 1 fully saturated rings. The third-order valence-electron chi connectivity index (χ3n) is 2.82. The first-order valence-corrected chi connectivity index (χ1v) is 6.65. The highest BCUT2D eigenvalue weighted by molar-refractivity contribution is 9.09. The summed E-state index contributed by atoms with van der Waals surface area (Å²) in [6, 6.07) is 0.423. The van der Waals surface area contributed by atoms with Crippen LogP contribution in [0.4, 0.5) is 5.88 Å². The highest BCUT2D eigenvalue weighted by Gasteiger charge is 2.26. The molecule has 1 aliphatic rings. The van der Waals surface area contributed by atoms with Gasteiger partial charge in [-0.05, 0) is 17.5 Å². The number of nitrogens with zero attached hydrogens (tertiary/aromatic N) is 2. The number of rotatable bonds is 3. The first kappa shape index (κ1) is 11.6. The molecule has 5 nitrogen and oxygen atoms in total. The maximum Gasteiger partial charge on any atom is 0.302 e. The minimum atomic E-state index is -0.132. The molecule has 0 radical (unpaired) electrons. The molecule has 0 unspecified atom stereocenters. The van der Waals surface area contributed by atoms with E-state index in [1.165, 1.54) is 19.3 Å². The number of halogens is 1. The molecule has 0 spiro atoms. The number of aromatic nitrogens is 2. The van der Waals surface area contributed by atoms with Crippen LogP contribution in [0, 0.1) is 0 Å². The molecule has 1 amide bonds. The smallest absolute Gasteiger partial charge is 0.288 e. The number of alkyl halides is 1. The first-order valence-electron chi connectivity index (χ1n) is 5.53. The Morgan fingerprint density at radius 3 is 3.00 bits per heavy atom. The largest absolute Gasteiger partial charge is 0.302 e. The summed E-state index contributed by atoms with van der Waals surface area (Å²) in [6.45, 7) is 0. The third kappa shape index (κ3) is 2.81. The second-order valence-electron chi connectivity index (χ2n) is 4.02. The van der Waals surface area contributed by atoms with Crippen molar-refractivity contribution in [2.24, 2.45) is 0 Å². The summed E-state index contributed by atoms with van der Waals surface area (Å²) in [5.74, 6) is 0.280.